The van der Waals surface area contributed by atoms with Crippen LogP contribution in [0.3, 0.4) is 0 Å². The fourth-order valence-corrected chi connectivity index (χ4v) is 11.4. The number of fused-ring (bicyclic) bond motifs is 7. The zero-order chi connectivity index (χ0) is 43.0. The van der Waals surface area contributed by atoms with Gasteiger partial charge in [-0.05, 0) is 103 Å². The van der Waals surface area contributed by atoms with E-state index < -0.39 is 0 Å². The zero-order valence-corrected chi connectivity index (χ0v) is 36.4. The predicted octanol–water partition coefficient (Wildman–Crippen LogP) is 17.0. The largest absolute Gasteiger partial charge is 0.309 e. The Morgan fingerprint density at radius 2 is 0.750 bits per heavy atom. The maximum atomic E-state index is 2.59. The monoisotopic (exact) mass is 817 g/mol. The molecule has 0 aliphatic heterocycles. The van der Waals surface area contributed by atoms with Gasteiger partial charge in [0.1, 0.15) is 0 Å². The molecule has 2 aliphatic carbocycles. The van der Waals surface area contributed by atoms with Crippen LogP contribution in [0.1, 0.15) is 48.6 Å². The van der Waals surface area contributed by atoms with Crippen molar-refractivity contribution in [3.05, 3.63) is 258 Å². The molecule has 1 unspecified atom stereocenters. The molecule has 0 bridgehead atoms. The number of para-hydroxylation sites is 2. The second-order valence-electron chi connectivity index (χ2n) is 18.1. The minimum atomic E-state index is -0.357. The lowest BCUT2D eigenvalue weighted by molar-refractivity contribution is 0.660. The van der Waals surface area contributed by atoms with E-state index in [2.05, 4.69) is 256 Å². The third kappa shape index (κ3) is 5.57. The van der Waals surface area contributed by atoms with E-state index in [4.69, 9.17) is 0 Å². The number of anilines is 3. The van der Waals surface area contributed by atoms with Gasteiger partial charge in [-0.2, -0.15) is 0 Å². The number of benzene rings is 10. The Balaban J connectivity index is 1.18. The first kappa shape index (κ1) is 38.0. The molecule has 10 aromatic rings. The SMILES string of the molecule is CC1(C)c2ccccc2-c2c(-c3ccccc3N(c3ccccc3-c3cccc4cccc(-c5ccccc5)c34)c3cccc4c3-c3ccccc3C4(C)c3ccccc3)cccc21. The summed E-state index contributed by atoms with van der Waals surface area (Å²) in [6.07, 6.45) is 0. The van der Waals surface area contributed by atoms with E-state index in [1.807, 2.05) is 0 Å². The Bertz CT molecular complexity index is 3430. The number of nitrogens with zero attached hydrogens (tertiary/aromatic N) is 1. The topological polar surface area (TPSA) is 3.24 Å². The van der Waals surface area contributed by atoms with Gasteiger partial charge in [-0.3, -0.25) is 0 Å². The summed E-state index contributed by atoms with van der Waals surface area (Å²) in [7, 11) is 0. The molecule has 0 spiro atoms. The molecule has 1 heteroatoms. The zero-order valence-electron chi connectivity index (χ0n) is 36.4. The van der Waals surface area contributed by atoms with Gasteiger partial charge in [-0.25, -0.2) is 0 Å². The molecule has 2 aliphatic rings. The molecule has 12 rings (SSSR count). The highest BCUT2D eigenvalue weighted by Gasteiger charge is 2.43. The molecular formula is C63H47N. The first-order valence-electron chi connectivity index (χ1n) is 22.5. The van der Waals surface area contributed by atoms with Crippen molar-refractivity contribution in [1.82, 2.24) is 0 Å². The molecule has 0 fully saturated rings. The molecule has 0 saturated carbocycles. The standard InChI is InChI=1S/C63H47N/c1-62(2)52-35-14-10-30-50(52)60-49(34-20-37-54(60)62)47-29-13-17-40-57(47)64(58-41-21-38-55-61(58)51-31-11-15-36-53(51)63(55,3)44-26-8-5-9-27-44)56-39-16-12-28-46(56)48-33-19-25-43-24-18-32-45(59(43)48)42-22-6-4-7-23-42/h4-41H,1-3H3. The third-order valence-electron chi connectivity index (χ3n) is 14.4. The van der Waals surface area contributed by atoms with Crippen LogP contribution in [0, 0.1) is 0 Å². The Morgan fingerprint density at radius 1 is 0.297 bits per heavy atom. The first-order chi connectivity index (χ1) is 31.4. The van der Waals surface area contributed by atoms with Crippen LogP contribution in [0.2, 0.25) is 0 Å². The molecule has 1 nitrogen and oxygen atoms in total. The van der Waals surface area contributed by atoms with Crippen molar-refractivity contribution in [2.24, 2.45) is 0 Å². The van der Waals surface area contributed by atoms with E-state index in [0.717, 1.165) is 17.1 Å². The van der Waals surface area contributed by atoms with Gasteiger partial charge in [0.15, 0.2) is 0 Å². The summed E-state index contributed by atoms with van der Waals surface area (Å²) in [5.41, 5.74) is 22.0. The van der Waals surface area contributed by atoms with Gasteiger partial charge in [0, 0.05) is 27.5 Å². The Hall–Kier alpha value is -7.74. The van der Waals surface area contributed by atoms with Crippen molar-refractivity contribution in [3.63, 3.8) is 0 Å². The van der Waals surface area contributed by atoms with E-state index in [0.29, 0.717) is 0 Å². The Morgan fingerprint density at radius 3 is 1.45 bits per heavy atom. The van der Waals surface area contributed by atoms with Crippen LogP contribution in [0.4, 0.5) is 17.1 Å². The van der Waals surface area contributed by atoms with Crippen LogP contribution in [-0.4, -0.2) is 0 Å². The maximum absolute atomic E-state index is 2.59. The van der Waals surface area contributed by atoms with Crippen LogP contribution < -0.4 is 4.90 Å². The van der Waals surface area contributed by atoms with Gasteiger partial charge < -0.3 is 4.90 Å². The van der Waals surface area contributed by atoms with Gasteiger partial charge >= 0.3 is 0 Å². The summed E-state index contributed by atoms with van der Waals surface area (Å²) >= 11 is 0. The molecular weight excluding hydrogens is 771 g/mol. The van der Waals surface area contributed by atoms with Crippen LogP contribution in [0.5, 0.6) is 0 Å². The minimum absolute atomic E-state index is 0.125. The molecule has 0 aromatic heterocycles. The minimum Gasteiger partial charge on any atom is -0.309 e. The van der Waals surface area contributed by atoms with E-state index in [9.17, 15) is 0 Å². The molecule has 0 amide bonds. The first-order valence-corrected chi connectivity index (χ1v) is 22.5. The number of hydrogen-bond donors (Lipinski definition) is 0. The highest BCUT2D eigenvalue weighted by atomic mass is 15.2. The smallest absolute Gasteiger partial charge is 0.0543 e. The molecule has 0 radical (unpaired) electrons. The molecule has 10 aromatic carbocycles. The molecule has 64 heavy (non-hydrogen) atoms. The van der Waals surface area contributed by atoms with Crippen LogP contribution in [0.25, 0.3) is 66.4 Å². The Kier molecular flexibility index (Phi) is 8.71. The Labute approximate surface area is 376 Å². The molecule has 0 N–H and O–H groups in total. The molecule has 0 heterocycles. The van der Waals surface area contributed by atoms with Crippen molar-refractivity contribution in [2.75, 3.05) is 4.90 Å². The lowest BCUT2D eigenvalue weighted by Gasteiger charge is -2.33. The average molecular weight is 818 g/mol. The van der Waals surface area contributed by atoms with Crippen LogP contribution in [0.15, 0.2) is 231 Å². The molecule has 304 valence electrons. The lowest BCUT2D eigenvalue weighted by atomic mass is 9.74. The lowest BCUT2D eigenvalue weighted by Crippen LogP contribution is -2.22. The normalized spacial score (nSPS) is 15.3. The van der Waals surface area contributed by atoms with E-state index in [1.54, 1.807) is 0 Å². The second-order valence-corrected chi connectivity index (χ2v) is 18.1. The van der Waals surface area contributed by atoms with Gasteiger partial charge in [0.25, 0.3) is 0 Å². The van der Waals surface area contributed by atoms with Crippen LogP contribution in [-0.2, 0) is 10.8 Å². The van der Waals surface area contributed by atoms with E-state index in [-0.39, 0.29) is 10.8 Å². The van der Waals surface area contributed by atoms with Crippen molar-refractivity contribution in [3.8, 4) is 55.6 Å². The predicted molar refractivity (Wildman–Crippen MR) is 270 cm³/mol. The van der Waals surface area contributed by atoms with Gasteiger partial charge in [0.2, 0.25) is 0 Å². The summed E-state index contributed by atoms with van der Waals surface area (Å²) in [5.74, 6) is 0. The number of hydrogen-bond acceptors (Lipinski definition) is 1. The summed E-state index contributed by atoms with van der Waals surface area (Å²) in [4.78, 5) is 2.59. The highest BCUT2D eigenvalue weighted by Crippen LogP contribution is 2.59. The summed E-state index contributed by atoms with van der Waals surface area (Å²) < 4.78 is 0. The molecule has 1 atom stereocenters. The summed E-state index contributed by atoms with van der Waals surface area (Å²) in [6, 6.07) is 85.6. The third-order valence-corrected chi connectivity index (χ3v) is 14.4. The summed E-state index contributed by atoms with van der Waals surface area (Å²) in [6.45, 7) is 7.16. The quantitative estimate of drug-likeness (QED) is 0.155. The van der Waals surface area contributed by atoms with Crippen molar-refractivity contribution in [1.29, 1.82) is 0 Å². The van der Waals surface area contributed by atoms with Crippen molar-refractivity contribution >= 4 is 27.8 Å². The highest BCUT2D eigenvalue weighted by molar-refractivity contribution is 6.10. The second kappa shape index (κ2) is 14.7. The van der Waals surface area contributed by atoms with Crippen LogP contribution >= 0.6 is 0 Å². The molecule has 0 saturated heterocycles. The average Bonchev–Trinajstić information content (AvgIpc) is 3.76. The van der Waals surface area contributed by atoms with Gasteiger partial charge in [-0.15, -0.1) is 0 Å². The van der Waals surface area contributed by atoms with Crippen molar-refractivity contribution in [2.45, 2.75) is 31.6 Å². The van der Waals surface area contributed by atoms with Gasteiger partial charge in [-0.1, -0.05) is 226 Å². The van der Waals surface area contributed by atoms with Crippen molar-refractivity contribution < 1.29 is 0 Å². The van der Waals surface area contributed by atoms with E-state index >= 15 is 0 Å². The van der Waals surface area contributed by atoms with Gasteiger partial charge in [0.05, 0.1) is 17.1 Å². The number of rotatable bonds is 7. The fraction of sp³-hybridized carbons (Fsp3) is 0.0794. The van der Waals surface area contributed by atoms with E-state index in [1.165, 1.54) is 94.2 Å². The maximum Gasteiger partial charge on any atom is 0.0543 e. The summed E-state index contributed by atoms with van der Waals surface area (Å²) in [5, 5.41) is 2.46. The fourth-order valence-electron chi connectivity index (χ4n) is 11.4.